The number of benzene rings is 4. The molecule has 0 aromatic heterocycles. The van der Waals surface area contributed by atoms with Crippen LogP contribution in [0, 0.1) is 0 Å². The van der Waals surface area contributed by atoms with Gasteiger partial charge < -0.3 is 10.8 Å². The molecule has 2 aliphatic rings. The number of nitrogen functional groups attached to an aromatic ring is 1. The number of nitrogens with zero attached hydrogens (tertiary/aromatic N) is 4. The highest BCUT2D eigenvalue weighted by atomic mass is 32.2. The maximum Gasteiger partial charge on any atom is 0.339 e. The fourth-order valence-electron chi connectivity index (χ4n) is 5.02. The first-order valence-corrected chi connectivity index (χ1v) is 17.5. The molecule has 262 valence electrons. The quantitative estimate of drug-likeness (QED) is 0.0333. The molecule has 0 saturated carbocycles. The van der Waals surface area contributed by atoms with E-state index in [0.29, 0.717) is 11.4 Å². The zero-order valence-electron chi connectivity index (χ0n) is 26.1. The first-order valence-electron chi connectivity index (χ1n) is 14.6. The number of hydrogen-bond acceptors (Lipinski definition) is 14. The van der Waals surface area contributed by atoms with E-state index in [9.17, 15) is 40.3 Å². The first kappa shape index (κ1) is 35.2. The van der Waals surface area contributed by atoms with Crippen molar-refractivity contribution < 1.29 is 45.4 Å². The molecule has 0 unspecified atom stereocenters. The number of aliphatic carboxylic acids is 1. The van der Waals surface area contributed by atoms with Crippen molar-refractivity contribution >= 4 is 94.5 Å². The minimum atomic E-state index is -4.92. The van der Waals surface area contributed by atoms with Gasteiger partial charge in [-0.15, -0.1) is 5.11 Å². The molecular weight excluding hydrogens is 719 g/mol. The number of allylic oxidation sites excluding steroid dienone is 4. The number of rotatable bonds is 9. The second-order valence-electron chi connectivity index (χ2n) is 11.0. The minimum Gasteiger partial charge on any atom is -0.478 e. The summed E-state index contributed by atoms with van der Waals surface area (Å²) in [6, 6.07) is 17.0. The van der Waals surface area contributed by atoms with E-state index in [1.165, 1.54) is 42.5 Å². The van der Waals surface area contributed by atoms with Gasteiger partial charge in [0.1, 0.15) is 10.5 Å². The van der Waals surface area contributed by atoms with E-state index in [1.54, 1.807) is 24.3 Å². The van der Waals surface area contributed by atoms with Crippen molar-refractivity contribution in [2.75, 3.05) is 16.6 Å². The predicted molar refractivity (Wildman–Crippen MR) is 191 cm³/mol. The molecule has 4 aromatic carbocycles. The Morgan fingerprint density at radius 3 is 2.19 bits per heavy atom. The highest BCUT2D eigenvalue weighted by Gasteiger charge is 2.33. The van der Waals surface area contributed by atoms with Crippen molar-refractivity contribution in [1.82, 2.24) is 0 Å². The van der Waals surface area contributed by atoms with Crippen molar-refractivity contribution in [3.05, 3.63) is 113 Å². The molecule has 0 heterocycles. The second kappa shape index (κ2) is 13.6. The van der Waals surface area contributed by atoms with Gasteiger partial charge in [-0.25, -0.2) is 4.79 Å². The lowest BCUT2D eigenvalue weighted by Crippen LogP contribution is -2.27. The third kappa shape index (κ3) is 7.41. The molecule has 0 atom stereocenters. The van der Waals surface area contributed by atoms with Gasteiger partial charge >= 0.3 is 5.97 Å². The number of carboxylic acids is 1. The van der Waals surface area contributed by atoms with Crippen LogP contribution in [0.4, 0.5) is 28.4 Å². The Morgan fingerprint density at radius 1 is 0.750 bits per heavy atom. The van der Waals surface area contributed by atoms with Crippen molar-refractivity contribution in [2.24, 2.45) is 20.4 Å². The van der Waals surface area contributed by atoms with Crippen LogP contribution in [0.3, 0.4) is 0 Å². The Kier molecular flexibility index (Phi) is 9.17. The highest BCUT2D eigenvalue weighted by molar-refractivity contribution is 7.91. The molecule has 2 aliphatic carbocycles. The number of hydrogen-bond donors (Lipinski definition) is 6. The van der Waals surface area contributed by atoms with Crippen LogP contribution in [0.15, 0.2) is 127 Å². The van der Waals surface area contributed by atoms with Gasteiger partial charge in [0.15, 0.2) is 11.5 Å². The number of nitrogens with two attached hydrogens (primary N) is 1. The van der Waals surface area contributed by atoms with E-state index in [1.807, 2.05) is 0 Å². The zero-order chi connectivity index (χ0) is 37.4. The molecule has 0 fully saturated rings. The fraction of sp³-hybridized carbons (Fsp3) is 0. The molecule has 6 rings (SSSR count). The standard InChI is InChI=1S/C33H23N7O10S2/c34-18-2-1-17-13-30(52(48,49)50)31(32(42)24(17)14-18)40-39-27-10-11-28(25-16-22(51(45,46)47)8-9-23(25)27)38-36-20-5-3-19(4-6-20)35-37-21-7-12-29(41)26(15-21)33(43)44/h1-16,35,39H,34H2,(H,43,44)(H,45,46,47)(H,48,49,50)/b37-21-,38-36?,40-31-. The van der Waals surface area contributed by atoms with Crippen molar-refractivity contribution in [1.29, 1.82) is 0 Å². The van der Waals surface area contributed by atoms with Crippen molar-refractivity contribution in [2.45, 2.75) is 4.90 Å². The summed E-state index contributed by atoms with van der Waals surface area (Å²) in [7, 11) is -9.58. The molecule has 7 N–H and O–H groups in total. The molecule has 0 amide bonds. The van der Waals surface area contributed by atoms with Gasteiger partial charge in [-0.1, -0.05) is 12.1 Å². The third-order valence-corrected chi connectivity index (χ3v) is 9.25. The Balaban J connectivity index is 1.30. The summed E-state index contributed by atoms with van der Waals surface area (Å²) >= 11 is 0. The van der Waals surface area contributed by atoms with Gasteiger partial charge in [0.05, 0.1) is 33.4 Å². The monoisotopic (exact) mass is 741 g/mol. The number of hydrazone groups is 2. The van der Waals surface area contributed by atoms with E-state index >= 15 is 0 Å². The number of azo groups is 1. The van der Waals surface area contributed by atoms with Gasteiger partial charge in [0.25, 0.3) is 20.2 Å². The lowest BCUT2D eigenvalue weighted by molar-refractivity contribution is -0.134. The molecule has 52 heavy (non-hydrogen) atoms. The molecule has 0 saturated heterocycles. The molecule has 19 heteroatoms. The molecule has 0 radical (unpaired) electrons. The number of nitrogens with one attached hydrogen (secondary N) is 2. The summed E-state index contributed by atoms with van der Waals surface area (Å²) in [5.74, 6) is -2.86. The largest absolute Gasteiger partial charge is 0.478 e. The van der Waals surface area contributed by atoms with Crippen LogP contribution in [0.2, 0.25) is 0 Å². The Hall–Kier alpha value is -6.67. The number of carboxylic acid groups (broad SMARTS) is 1. The second-order valence-corrected chi connectivity index (χ2v) is 13.8. The number of Topliss-reactive ketones (excluding diaryl/α,β-unsaturated/α-hetero) is 1. The van der Waals surface area contributed by atoms with Crippen LogP contribution in [-0.2, 0) is 29.8 Å². The van der Waals surface area contributed by atoms with Crippen LogP contribution < -0.4 is 16.6 Å². The van der Waals surface area contributed by atoms with Crippen LogP contribution in [0.5, 0.6) is 0 Å². The number of ketones is 2. The van der Waals surface area contributed by atoms with E-state index in [-0.39, 0.29) is 44.7 Å². The molecule has 0 spiro atoms. The highest BCUT2D eigenvalue weighted by Crippen LogP contribution is 2.35. The lowest BCUT2D eigenvalue weighted by Gasteiger charge is -2.17. The smallest absolute Gasteiger partial charge is 0.339 e. The van der Waals surface area contributed by atoms with Gasteiger partial charge in [0.2, 0.25) is 5.78 Å². The van der Waals surface area contributed by atoms with Gasteiger partial charge in [0, 0.05) is 22.0 Å². The Morgan fingerprint density at radius 2 is 1.50 bits per heavy atom. The van der Waals surface area contributed by atoms with Gasteiger partial charge in [-0.05, 0) is 90.5 Å². The van der Waals surface area contributed by atoms with E-state index in [2.05, 4.69) is 31.3 Å². The maximum atomic E-state index is 13.3. The summed E-state index contributed by atoms with van der Waals surface area (Å²) in [4.78, 5) is 35.0. The van der Waals surface area contributed by atoms with Gasteiger partial charge in [-0.3, -0.25) is 29.5 Å². The Bertz CT molecular complexity index is 2640. The topological polar surface area (TPSA) is 280 Å². The van der Waals surface area contributed by atoms with Crippen LogP contribution in [0.25, 0.3) is 16.8 Å². The molecular formula is C33H23N7O10S2. The molecule has 0 aliphatic heterocycles. The minimum absolute atomic E-state index is 0.0500. The first-order chi connectivity index (χ1) is 24.6. The van der Waals surface area contributed by atoms with Crippen molar-refractivity contribution in [3.8, 4) is 0 Å². The average molecular weight is 742 g/mol. The van der Waals surface area contributed by atoms with E-state index in [4.69, 9.17) is 10.8 Å². The molecule has 17 nitrogen and oxygen atoms in total. The average Bonchev–Trinajstić information content (AvgIpc) is 3.09. The number of carbonyl (C=O) groups excluding carboxylic acids is 2. The molecule has 0 bridgehead atoms. The zero-order valence-corrected chi connectivity index (χ0v) is 27.8. The summed E-state index contributed by atoms with van der Waals surface area (Å²) in [6.45, 7) is 0. The predicted octanol–water partition coefficient (Wildman–Crippen LogP) is 4.90. The van der Waals surface area contributed by atoms with E-state index < -0.39 is 58.9 Å². The van der Waals surface area contributed by atoms with Gasteiger partial charge in [-0.2, -0.15) is 32.2 Å². The van der Waals surface area contributed by atoms with Crippen LogP contribution >= 0.6 is 0 Å². The normalized spacial score (nSPS) is 16.3. The molecule has 4 aromatic rings. The summed E-state index contributed by atoms with van der Waals surface area (Å²) in [5, 5.41) is 26.1. The summed E-state index contributed by atoms with van der Waals surface area (Å²) in [6.07, 6.45) is 4.66. The fourth-order valence-corrected chi connectivity index (χ4v) is 6.18. The summed E-state index contributed by atoms with van der Waals surface area (Å²) < 4.78 is 68.0. The summed E-state index contributed by atoms with van der Waals surface area (Å²) in [5.41, 5.74) is 11.9. The van der Waals surface area contributed by atoms with Crippen molar-refractivity contribution in [3.63, 3.8) is 0 Å². The number of anilines is 3. The number of fused-ring (bicyclic) bond motifs is 2. The number of carbonyl (C=O) groups is 3. The maximum absolute atomic E-state index is 13.3. The van der Waals surface area contributed by atoms with Crippen LogP contribution in [-0.4, -0.2) is 60.0 Å². The lowest BCUT2D eigenvalue weighted by atomic mass is 9.94. The Labute approximate surface area is 293 Å². The third-order valence-electron chi connectivity index (χ3n) is 7.53. The SMILES string of the molecule is Nc1ccc2c(c1)C(=O)/C(=N\Nc1ccc(N=Nc3ccc(N/N=C4/C=CC(=O)C(C(=O)O)=C4)cc3)c3cc(S(=O)(=O)O)ccc13)C(S(=O)(=O)O)=C2. The van der Waals surface area contributed by atoms with E-state index in [0.717, 1.165) is 30.4 Å². The van der Waals surface area contributed by atoms with Crippen LogP contribution in [0.1, 0.15) is 15.9 Å².